The zero-order chi connectivity index (χ0) is 14.8. The highest BCUT2D eigenvalue weighted by atomic mass is 16.5. The van der Waals surface area contributed by atoms with Crippen LogP contribution in [0, 0.1) is 0 Å². The Morgan fingerprint density at radius 1 is 1.25 bits per heavy atom. The lowest BCUT2D eigenvalue weighted by Gasteiger charge is -2.11. The average Bonchev–Trinajstić information content (AvgIpc) is 2.45. The molecule has 112 valence electrons. The molecule has 0 spiro atoms. The van der Waals surface area contributed by atoms with Gasteiger partial charge in [0.1, 0.15) is 0 Å². The number of amides is 2. The summed E-state index contributed by atoms with van der Waals surface area (Å²) in [5.74, 6) is 0. The number of carbonyl (C=O) groups excluding carboxylic acids is 1. The number of carbonyl (C=O) groups is 1. The SMILES string of the molecule is CCCC(O)CNC(=O)NCc1ccc(COC)cc1. The molecule has 0 aliphatic heterocycles. The summed E-state index contributed by atoms with van der Waals surface area (Å²) in [6, 6.07) is 7.61. The lowest BCUT2D eigenvalue weighted by molar-refractivity contribution is 0.160. The summed E-state index contributed by atoms with van der Waals surface area (Å²) in [5, 5.41) is 14.9. The fourth-order valence-electron chi connectivity index (χ4n) is 1.81. The number of benzene rings is 1. The molecule has 0 aromatic heterocycles. The Bertz CT molecular complexity index is 393. The van der Waals surface area contributed by atoms with Crippen molar-refractivity contribution in [3.63, 3.8) is 0 Å². The molecular formula is C15H24N2O3. The molecule has 3 N–H and O–H groups in total. The second-order valence-corrected chi connectivity index (χ2v) is 4.76. The summed E-state index contributed by atoms with van der Waals surface area (Å²) in [5.41, 5.74) is 2.12. The van der Waals surface area contributed by atoms with Crippen LogP contribution in [-0.2, 0) is 17.9 Å². The van der Waals surface area contributed by atoms with E-state index in [0.29, 0.717) is 19.6 Å². The maximum atomic E-state index is 11.5. The Hall–Kier alpha value is -1.59. The average molecular weight is 280 g/mol. The van der Waals surface area contributed by atoms with E-state index in [-0.39, 0.29) is 12.6 Å². The van der Waals surface area contributed by atoms with E-state index in [2.05, 4.69) is 10.6 Å². The topological polar surface area (TPSA) is 70.6 Å². The molecule has 1 atom stereocenters. The van der Waals surface area contributed by atoms with Gasteiger partial charge in [-0.3, -0.25) is 0 Å². The van der Waals surface area contributed by atoms with Crippen LogP contribution in [0.4, 0.5) is 4.79 Å². The molecule has 0 aliphatic carbocycles. The standard InChI is InChI=1S/C15H24N2O3/c1-3-4-14(18)10-17-15(19)16-9-12-5-7-13(8-6-12)11-20-2/h5-8,14,18H,3-4,9-11H2,1-2H3,(H2,16,17,19). The minimum absolute atomic E-state index is 0.263. The lowest BCUT2D eigenvalue weighted by Crippen LogP contribution is -2.39. The monoisotopic (exact) mass is 280 g/mol. The molecule has 0 saturated carbocycles. The van der Waals surface area contributed by atoms with Crippen molar-refractivity contribution in [1.29, 1.82) is 0 Å². The number of rotatable bonds is 8. The molecule has 0 heterocycles. The Balaban J connectivity index is 2.26. The highest BCUT2D eigenvalue weighted by Crippen LogP contribution is 2.05. The number of hydrogen-bond acceptors (Lipinski definition) is 3. The molecule has 1 rings (SSSR count). The molecule has 1 unspecified atom stereocenters. The number of nitrogens with one attached hydrogen (secondary N) is 2. The van der Waals surface area contributed by atoms with E-state index in [4.69, 9.17) is 4.74 Å². The highest BCUT2D eigenvalue weighted by Gasteiger charge is 2.05. The zero-order valence-corrected chi connectivity index (χ0v) is 12.2. The molecule has 5 heteroatoms. The largest absolute Gasteiger partial charge is 0.391 e. The van der Waals surface area contributed by atoms with Crippen LogP contribution >= 0.6 is 0 Å². The van der Waals surface area contributed by atoms with Crippen LogP contribution in [0.1, 0.15) is 30.9 Å². The van der Waals surface area contributed by atoms with Crippen molar-refractivity contribution in [2.24, 2.45) is 0 Å². The van der Waals surface area contributed by atoms with Gasteiger partial charge in [-0.15, -0.1) is 0 Å². The minimum Gasteiger partial charge on any atom is -0.391 e. The van der Waals surface area contributed by atoms with Crippen molar-refractivity contribution in [3.05, 3.63) is 35.4 Å². The Morgan fingerprint density at radius 2 is 1.90 bits per heavy atom. The number of ether oxygens (including phenoxy) is 1. The summed E-state index contributed by atoms with van der Waals surface area (Å²) < 4.78 is 5.04. The van der Waals surface area contributed by atoms with E-state index < -0.39 is 6.10 Å². The Labute approximate surface area is 120 Å². The van der Waals surface area contributed by atoms with Crippen LogP contribution in [0.3, 0.4) is 0 Å². The molecule has 0 bridgehead atoms. The van der Waals surface area contributed by atoms with Crippen LogP contribution in [0.15, 0.2) is 24.3 Å². The second-order valence-electron chi connectivity index (χ2n) is 4.76. The smallest absolute Gasteiger partial charge is 0.315 e. The molecule has 0 fully saturated rings. The van der Waals surface area contributed by atoms with Gasteiger partial charge in [0.2, 0.25) is 0 Å². The molecule has 0 aliphatic rings. The van der Waals surface area contributed by atoms with Crippen LogP contribution in [-0.4, -0.2) is 30.9 Å². The van der Waals surface area contributed by atoms with Crippen molar-refractivity contribution >= 4 is 6.03 Å². The molecule has 1 aromatic rings. The van der Waals surface area contributed by atoms with E-state index >= 15 is 0 Å². The van der Waals surface area contributed by atoms with Gasteiger partial charge in [-0.1, -0.05) is 37.6 Å². The van der Waals surface area contributed by atoms with Gasteiger partial charge < -0.3 is 20.5 Å². The summed E-state index contributed by atoms with van der Waals surface area (Å²) in [6.45, 7) is 3.33. The first-order chi connectivity index (χ1) is 9.65. The fraction of sp³-hybridized carbons (Fsp3) is 0.533. The lowest BCUT2D eigenvalue weighted by atomic mass is 10.1. The fourth-order valence-corrected chi connectivity index (χ4v) is 1.81. The van der Waals surface area contributed by atoms with Gasteiger partial charge in [-0.25, -0.2) is 4.79 Å². The van der Waals surface area contributed by atoms with E-state index in [9.17, 15) is 9.90 Å². The third-order valence-electron chi connectivity index (χ3n) is 2.91. The van der Waals surface area contributed by atoms with E-state index in [0.717, 1.165) is 17.5 Å². The molecule has 0 saturated heterocycles. The van der Waals surface area contributed by atoms with Gasteiger partial charge in [0.15, 0.2) is 0 Å². The Morgan fingerprint density at radius 3 is 2.50 bits per heavy atom. The molecule has 0 radical (unpaired) electrons. The molecular weight excluding hydrogens is 256 g/mol. The third kappa shape index (κ3) is 6.54. The molecule has 5 nitrogen and oxygen atoms in total. The Kier molecular flexibility index (Phi) is 7.69. The predicted octanol–water partition coefficient (Wildman–Crippen LogP) is 1.79. The second kappa shape index (κ2) is 9.34. The first-order valence-corrected chi connectivity index (χ1v) is 6.92. The van der Waals surface area contributed by atoms with Gasteiger partial charge in [-0.05, 0) is 17.5 Å². The minimum atomic E-state index is -0.473. The van der Waals surface area contributed by atoms with Crippen molar-refractivity contribution in [1.82, 2.24) is 10.6 Å². The van der Waals surface area contributed by atoms with Crippen LogP contribution in [0.2, 0.25) is 0 Å². The van der Waals surface area contributed by atoms with Crippen molar-refractivity contribution < 1.29 is 14.6 Å². The summed E-state index contributed by atoms with van der Waals surface area (Å²) in [6.07, 6.45) is 1.12. The predicted molar refractivity (Wildman–Crippen MR) is 78.3 cm³/mol. The van der Waals surface area contributed by atoms with Gasteiger partial charge in [-0.2, -0.15) is 0 Å². The number of aliphatic hydroxyl groups is 1. The zero-order valence-electron chi connectivity index (χ0n) is 12.2. The van der Waals surface area contributed by atoms with E-state index in [1.165, 1.54) is 0 Å². The molecule has 2 amide bonds. The summed E-state index contributed by atoms with van der Waals surface area (Å²) >= 11 is 0. The first-order valence-electron chi connectivity index (χ1n) is 6.92. The first kappa shape index (κ1) is 16.5. The number of aliphatic hydroxyl groups excluding tert-OH is 1. The van der Waals surface area contributed by atoms with E-state index in [1.54, 1.807) is 7.11 Å². The van der Waals surface area contributed by atoms with Gasteiger partial charge in [0.05, 0.1) is 12.7 Å². The maximum Gasteiger partial charge on any atom is 0.315 e. The highest BCUT2D eigenvalue weighted by molar-refractivity contribution is 5.73. The van der Waals surface area contributed by atoms with E-state index in [1.807, 2.05) is 31.2 Å². The van der Waals surface area contributed by atoms with Crippen molar-refractivity contribution in [2.75, 3.05) is 13.7 Å². The van der Waals surface area contributed by atoms with Gasteiger partial charge in [0.25, 0.3) is 0 Å². The van der Waals surface area contributed by atoms with Gasteiger partial charge in [0, 0.05) is 20.2 Å². The van der Waals surface area contributed by atoms with Crippen LogP contribution in [0.25, 0.3) is 0 Å². The maximum absolute atomic E-state index is 11.5. The number of methoxy groups -OCH3 is 1. The van der Waals surface area contributed by atoms with Crippen molar-refractivity contribution in [2.45, 2.75) is 39.0 Å². The quantitative estimate of drug-likeness (QED) is 0.680. The number of hydrogen-bond donors (Lipinski definition) is 3. The van der Waals surface area contributed by atoms with Crippen LogP contribution in [0.5, 0.6) is 0 Å². The normalized spacial score (nSPS) is 11.9. The molecule has 20 heavy (non-hydrogen) atoms. The summed E-state index contributed by atoms with van der Waals surface area (Å²) in [4.78, 5) is 11.5. The van der Waals surface area contributed by atoms with Crippen LogP contribution < -0.4 is 10.6 Å². The van der Waals surface area contributed by atoms with Gasteiger partial charge >= 0.3 is 6.03 Å². The molecule has 1 aromatic carbocycles. The third-order valence-corrected chi connectivity index (χ3v) is 2.91. The number of urea groups is 1. The van der Waals surface area contributed by atoms with Crippen molar-refractivity contribution in [3.8, 4) is 0 Å². The summed E-state index contributed by atoms with van der Waals surface area (Å²) in [7, 11) is 1.66.